The molecule has 14 rings (SSSR count). The minimum Gasteiger partial charge on any atom is -0.490 e. The van der Waals surface area contributed by atoms with Gasteiger partial charge in [-0.1, -0.05) is 0 Å². The average Bonchev–Trinajstić information content (AvgIpc) is 3.75. The van der Waals surface area contributed by atoms with Gasteiger partial charge >= 0.3 is 0 Å². The van der Waals surface area contributed by atoms with E-state index in [0.717, 1.165) is 66.5 Å². The van der Waals surface area contributed by atoms with Crippen LogP contribution in [-0.4, -0.2) is 19.3 Å². The summed E-state index contributed by atoms with van der Waals surface area (Å²) < 4.78 is 12.8. The fourth-order valence-electron chi connectivity index (χ4n) is 16.7. The largest absolute Gasteiger partial charge is 0.490 e. The molecule has 2 heteroatoms. The summed E-state index contributed by atoms with van der Waals surface area (Å²) >= 11 is 0. The number of epoxide rings is 1. The normalized spacial score (nSPS) is 52.8. The lowest BCUT2D eigenvalue weighted by Crippen LogP contribution is -2.55. The lowest BCUT2D eigenvalue weighted by atomic mass is 9.41. The Bertz CT molecular complexity index is 1190. The molecule has 1 heterocycles. The van der Waals surface area contributed by atoms with E-state index in [1.807, 2.05) is 16.7 Å². The average molecular weight is 581 g/mol. The first-order chi connectivity index (χ1) is 20.9. The van der Waals surface area contributed by atoms with E-state index in [2.05, 4.69) is 13.8 Å². The van der Waals surface area contributed by atoms with Gasteiger partial charge in [0.05, 0.1) is 6.61 Å². The highest BCUT2D eigenvalue weighted by Gasteiger charge is 2.61. The number of hydrogen-bond acceptors (Lipinski definition) is 2. The lowest BCUT2D eigenvalue weighted by molar-refractivity contribution is -0.0249. The standard InChI is InChI=1S/C41H56O2/c1-23-35(39-12-25-3-26(13-39)5-27(4-25)14-39)37(41-18-31-9-32(19-41)11-33(10-31)20-41)36(24(2)38(23)43-22-34-21-42-34)40-15-28-6-29(16-40)8-30(7-28)17-40/h25-34H,3-22H2,1-2H3. The minimum atomic E-state index is 0.327. The molecule has 0 amide bonds. The maximum atomic E-state index is 7.05. The van der Waals surface area contributed by atoms with Crippen LogP contribution in [0.2, 0.25) is 0 Å². The second-order valence-electron chi connectivity index (χ2n) is 19.6. The zero-order chi connectivity index (χ0) is 28.3. The van der Waals surface area contributed by atoms with Crippen LogP contribution < -0.4 is 4.74 Å². The van der Waals surface area contributed by atoms with Crippen molar-refractivity contribution >= 4 is 0 Å². The van der Waals surface area contributed by atoms with Gasteiger partial charge in [0.25, 0.3) is 0 Å². The molecule has 13 fully saturated rings. The first-order valence-corrected chi connectivity index (χ1v) is 19.3. The molecule has 0 aromatic heterocycles. The number of rotatable bonds is 6. The number of ether oxygens (including phenoxy) is 2. The molecule has 12 bridgehead atoms. The SMILES string of the molecule is Cc1c(OCC2CO2)c(C)c(C23CC4CC(CC(C4)C2)C3)c(C23CC4CC(CC(C4)C2)C3)c1C12CC3CC(CC(C3)C1)C2. The Balaban J connectivity index is 1.19. The van der Waals surface area contributed by atoms with Crippen LogP contribution >= 0.6 is 0 Å². The third-order valence-electron chi connectivity index (χ3n) is 16.5. The molecule has 1 aliphatic heterocycles. The van der Waals surface area contributed by atoms with Crippen molar-refractivity contribution in [3.05, 3.63) is 27.8 Å². The zero-order valence-electron chi connectivity index (χ0n) is 27.2. The van der Waals surface area contributed by atoms with Crippen molar-refractivity contribution in [1.29, 1.82) is 0 Å². The van der Waals surface area contributed by atoms with Crippen LogP contribution in [0.1, 0.15) is 143 Å². The number of benzene rings is 1. The highest BCUT2D eigenvalue weighted by atomic mass is 16.6. The predicted molar refractivity (Wildman–Crippen MR) is 171 cm³/mol. The van der Waals surface area contributed by atoms with Crippen molar-refractivity contribution in [1.82, 2.24) is 0 Å². The molecule has 13 aliphatic rings. The molecule has 43 heavy (non-hydrogen) atoms. The highest BCUT2D eigenvalue weighted by molar-refractivity contribution is 5.63. The topological polar surface area (TPSA) is 21.8 Å². The third kappa shape index (κ3) is 3.69. The van der Waals surface area contributed by atoms with E-state index in [0.29, 0.717) is 22.3 Å². The fraction of sp³-hybridized carbons (Fsp3) is 0.854. The molecule has 12 aliphatic carbocycles. The van der Waals surface area contributed by atoms with Crippen LogP contribution in [0.25, 0.3) is 0 Å². The monoisotopic (exact) mass is 580 g/mol. The summed E-state index contributed by atoms with van der Waals surface area (Å²) in [6.45, 7) is 6.79. The Morgan fingerprint density at radius 1 is 0.488 bits per heavy atom. The smallest absolute Gasteiger partial charge is 0.125 e. The van der Waals surface area contributed by atoms with Crippen molar-refractivity contribution in [3.63, 3.8) is 0 Å². The van der Waals surface area contributed by atoms with Crippen LogP contribution in [0.4, 0.5) is 0 Å². The van der Waals surface area contributed by atoms with E-state index >= 15 is 0 Å². The molecule has 1 unspecified atom stereocenters. The molecule has 12 saturated carbocycles. The van der Waals surface area contributed by atoms with Crippen molar-refractivity contribution in [2.24, 2.45) is 53.3 Å². The summed E-state index contributed by atoms with van der Waals surface area (Å²) in [7, 11) is 0. The maximum absolute atomic E-state index is 7.05. The van der Waals surface area contributed by atoms with E-state index in [1.54, 1.807) is 68.9 Å². The van der Waals surface area contributed by atoms with Crippen molar-refractivity contribution in [3.8, 4) is 5.75 Å². The summed E-state index contributed by atoms with van der Waals surface area (Å²) in [5.74, 6) is 10.3. The predicted octanol–water partition coefficient (Wildman–Crippen LogP) is 9.48. The molecular weight excluding hydrogens is 524 g/mol. The summed E-state index contributed by atoms with van der Waals surface area (Å²) in [5.41, 5.74) is 10.5. The van der Waals surface area contributed by atoms with Crippen LogP contribution in [0.3, 0.4) is 0 Å². The van der Waals surface area contributed by atoms with Gasteiger partial charge in [0.2, 0.25) is 0 Å². The van der Waals surface area contributed by atoms with Crippen molar-refractivity contribution < 1.29 is 9.47 Å². The Morgan fingerprint density at radius 3 is 1.05 bits per heavy atom. The Morgan fingerprint density at radius 2 is 0.767 bits per heavy atom. The Kier molecular flexibility index (Phi) is 5.25. The third-order valence-corrected chi connectivity index (χ3v) is 16.5. The van der Waals surface area contributed by atoms with E-state index in [4.69, 9.17) is 9.47 Å². The Labute approximate surface area is 260 Å². The zero-order valence-corrected chi connectivity index (χ0v) is 27.2. The molecule has 1 atom stereocenters. The molecule has 2 nitrogen and oxygen atoms in total. The van der Waals surface area contributed by atoms with Gasteiger partial charge in [-0.05, 0) is 227 Å². The van der Waals surface area contributed by atoms with Crippen LogP contribution in [0.15, 0.2) is 0 Å². The van der Waals surface area contributed by atoms with Crippen LogP contribution in [0.5, 0.6) is 5.75 Å². The molecule has 1 saturated heterocycles. The van der Waals surface area contributed by atoms with Crippen molar-refractivity contribution in [2.75, 3.05) is 13.2 Å². The second-order valence-corrected chi connectivity index (χ2v) is 19.6. The van der Waals surface area contributed by atoms with E-state index in [-0.39, 0.29) is 0 Å². The van der Waals surface area contributed by atoms with E-state index in [1.165, 1.54) is 63.5 Å². The molecular formula is C41H56O2. The van der Waals surface area contributed by atoms with Gasteiger partial charge in [-0.3, -0.25) is 0 Å². The van der Waals surface area contributed by atoms with E-state index < -0.39 is 0 Å². The van der Waals surface area contributed by atoms with Gasteiger partial charge < -0.3 is 9.47 Å². The fourth-order valence-corrected chi connectivity index (χ4v) is 16.7. The summed E-state index contributed by atoms with van der Waals surface area (Å²) in [4.78, 5) is 0. The van der Waals surface area contributed by atoms with Gasteiger partial charge in [-0.2, -0.15) is 0 Å². The lowest BCUT2D eigenvalue weighted by Gasteiger charge is -2.64. The summed E-state index contributed by atoms with van der Waals surface area (Å²) in [5, 5.41) is 0. The maximum Gasteiger partial charge on any atom is 0.125 e. The van der Waals surface area contributed by atoms with Gasteiger partial charge in [0.15, 0.2) is 0 Å². The first-order valence-electron chi connectivity index (χ1n) is 19.3. The molecule has 0 spiro atoms. The second kappa shape index (κ2) is 8.66. The quantitative estimate of drug-likeness (QED) is 0.313. The molecule has 232 valence electrons. The highest BCUT2D eigenvalue weighted by Crippen LogP contribution is 2.70. The minimum absolute atomic E-state index is 0.327. The van der Waals surface area contributed by atoms with Gasteiger partial charge in [-0.25, -0.2) is 0 Å². The van der Waals surface area contributed by atoms with Gasteiger partial charge in [-0.15, -0.1) is 0 Å². The Hall–Kier alpha value is -1.02. The van der Waals surface area contributed by atoms with Crippen LogP contribution in [0, 0.1) is 67.1 Å². The van der Waals surface area contributed by atoms with Crippen LogP contribution in [-0.2, 0) is 21.0 Å². The van der Waals surface area contributed by atoms with Gasteiger partial charge in [0.1, 0.15) is 18.5 Å². The molecule has 1 aromatic rings. The summed E-state index contributed by atoms with van der Waals surface area (Å²) in [6.07, 6.45) is 27.8. The molecule has 0 N–H and O–H groups in total. The van der Waals surface area contributed by atoms with E-state index in [9.17, 15) is 0 Å². The van der Waals surface area contributed by atoms with Crippen molar-refractivity contribution in [2.45, 2.75) is 152 Å². The first kappa shape index (κ1) is 26.1. The van der Waals surface area contributed by atoms with Gasteiger partial charge in [0, 0.05) is 0 Å². The summed E-state index contributed by atoms with van der Waals surface area (Å²) in [6, 6.07) is 0. The number of hydrogen-bond donors (Lipinski definition) is 0. The molecule has 0 radical (unpaired) electrons. The molecule has 1 aromatic carbocycles.